The summed E-state index contributed by atoms with van der Waals surface area (Å²) < 4.78 is 8.09. The molecule has 0 aliphatic carbocycles. The van der Waals surface area contributed by atoms with Crippen LogP contribution in [0.3, 0.4) is 0 Å². The van der Waals surface area contributed by atoms with Gasteiger partial charge in [-0.15, -0.1) is 5.10 Å². The van der Waals surface area contributed by atoms with Gasteiger partial charge in [0.1, 0.15) is 5.82 Å². The summed E-state index contributed by atoms with van der Waals surface area (Å²) in [6, 6.07) is 4.46. The lowest BCUT2D eigenvalue weighted by Crippen LogP contribution is -2.42. The van der Waals surface area contributed by atoms with Crippen LogP contribution in [0.25, 0.3) is 16.0 Å². The molecule has 0 aromatic carbocycles. The molecule has 0 radical (unpaired) electrons. The molecule has 3 aromatic heterocycles. The summed E-state index contributed by atoms with van der Waals surface area (Å²) >= 11 is 0. The van der Waals surface area contributed by atoms with Crippen molar-refractivity contribution in [1.29, 1.82) is 0 Å². The van der Waals surface area contributed by atoms with Gasteiger partial charge >= 0.3 is 0 Å². The lowest BCUT2D eigenvalue weighted by molar-refractivity contribution is -0.0368. The van der Waals surface area contributed by atoms with E-state index < -0.39 is 0 Å². The number of fused-ring (bicyclic) bond motifs is 2. The second-order valence-corrected chi connectivity index (χ2v) is 9.56. The summed E-state index contributed by atoms with van der Waals surface area (Å²) in [6.07, 6.45) is 10.5. The number of rotatable bonds is 3. The van der Waals surface area contributed by atoms with Gasteiger partial charge in [-0.25, -0.2) is 21.2 Å². The van der Waals surface area contributed by atoms with E-state index in [4.69, 9.17) is 26.4 Å². The van der Waals surface area contributed by atoms with E-state index in [0.717, 1.165) is 98.8 Å². The highest BCUT2D eigenvalue weighted by Crippen LogP contribution is 2.37. The van der Waals surface area contributed by atoms with Gasteiger partial charge < -0.3 is 19.4 Å². The Kier molecular flexibility index (Phi) is 5.53. The SMILES string of the molecule is [C-]#[N+]C1CCN(c2cnc3c(N4CCCc5ncccc54)nn(C4CCCCO4)c3n2)[C@H](C)C1. The number of hydrogen-bond donors (Lipinski definition) is 0. The molecule has 3 atom stereocenters. The monoisotopic (exact) mass is 458 g/mol. The van der Waals surface area contributed by atoms with E-state index in [9.17, 15) is 0 Å². The molecule has 2 fully saturated rings. The first-order valence-corrected chi connectivity index (χ1v) is 12.4. The number of hydrogen-bond acceptors (Lipinski definition) is 7. The molecule has 34 heavy (non-hydrogen) atoms. The molecule has 0 bridgehead atoms. The molecule has 9 heteroatoms. The third-order valence-corrected chi connectivity index (χ3v) is 7.33. The summed E-state index contributed by atoms with van der Waals surface area (Å²) in [5.41, 5.74) is 3.78. The number of ether oxygens (including phenoxy) is 1. The van der Waals surface area contributed by atoms with Crippen molar-refractivity contribution in [3.05, 3.63) is 41.6 Å². The minimum atomic E-state index is -0.127. The zero-order valence-corrected chi connectivity index (χ0v) is 19.6. The van der Waals surface area contributed by atoms with Crippen LogP contribution in [-0.2, 0) is 11.2 Å². The maximum Gasteiger partial charge on any atom is 0.227 e. The lowest BCUT2D eigenvalue weighted by atomic mass is 9.99. The molecule has 3 aliphatic heterocycles. The molecule has 6 rings (SSSR count). The Bertz CT molecular complexity index is 1230. The van der Waals surface area contributed by atoms with Crippen LogP contribution in [0.2, 0.25) is 0 Å². The molecule has 2 saturated heterocycles. The molecular formula is C25H30N8O. The smallest absolute Gasteiger partial charge is 0.227 e. The second-order valence-electron chi connectivity index (χ2n) is 9.56. The van der Waals surface area contributed by atoms with Gasteiger partial charge in [0.2, 0.25) is 6.04 Å². The minimum Gasteiger partial charge on any atom is -0.356 e. The van der Waals surface area contributed by atoms with Gasteiger partial charge in [-0.1, -0.05) is 0 Å². The normalized spacial score (nSPS) is 25.2. The number of aromatic nitrogens is 5. The van der Waals surface area contributed by atoms with E-state index >= 15 is 0 Å². The first-order chi connectivity index (χ1) is 16.7. The van der Waals surface area contributed by atoms with Gasteiger partial charge in [-0.3, -0.25) is 4.98 Å². The van der Waals surface area contributed by atoms with Crippen LogP contribution >= 0.6 is 0 Å². The van der Waals surface area contributed by atoms with E-state index in [1.807, 2.05) is 23.1 Å². The van der Waals surface area contributed by atoms with Gasteiger partial charge in [-0.05, 0) is 51.2 Å². The minimum absolute atomic E-state index is 0.100. The van der Waals surface area contributed by atoms with Gasteiger partial charge in [-0.2, -0.15) is 0 Å². The highest BCUT2D eigenvalue weighted by Gasteiger charge is 2.32. The number of nitrogens with zero attached hydrogens (tertiary/aromatic N) is 8. The van der Waals surface area contributed by atoms with Crippen molar-refractivity contribution in [3.8, 4) is 0 Å². The van der Waals surface area contributed by atoms with E-state index in [1.165, 1.54) is 0 Å². The van der Waals surface area contributed by atoms with Crippen molar-refractivity contribution in [2.45, 2.75) is 70.2 Å². The van der Waals surface area contributed by atoms with Crippen LogP contribution in [-0.4, -0.2) is 56.5 Å². The van der Waals surface area contributed by atoms with Crippen LogP contribution in [0.5, 0.6) is 0 Å². The predicted molar refractivity (Wildman–Crippen MR) is 130 cm³/mol. The predicted octanol–water partition coefficient (Wildman–Crippen LogP) is 4.28. The third kappa shape index (κ3) is 3.66. The Morgan fingerprint density at radius 2 is 2.09 bits per heavy atom. The average Bonchev–Trinajstić information content (AvgIpc) is 3.27. The van der Waals surface area contributed by atoms with E-state index in [2.05, 4.69) is 32.6 Å². The number of anilines is 3. The fourth-order valence-corrected chi connectivity index (χ4v) is 5.54. The topological polar surface area (TPSA) is 76.6 Å². The molecule has 3 aromatic rings. The summed E-state index contributed by atoms with van der Waals surface area (Å²) in [7, 11) is 0. The maximum absolute atomic E-state index is 7.40. The molecule has 9 nitrogen and oxygen atoms in total. The maximum atomic E-state index is 7.40. The van der Waals surface area contributed by atoms with Crippen molar-refractivity contribution < 1.29 is 4.74 Å². The first kappa shape index (κ1) is 21.3. The van der Waals surface area contributed by atoms with E-state index in [-0.39, 0.29) is 18.3 Å². The molecule has 3 aliphatic rings. The summed E-state index contributed by atoms with van der Waals surface area (Å²) in [5, 5.41) is 5.07. The lowest BCUT2D eigenvalue weighted by Gasteiger charge is -2.34. The quantitative estimate of drug-likeness (QED) is 0.542. The molecule has 0 spiro atoms. The molecule has 0 saturated carbocycles. The largest absolute Gasteiger partial charge is 0.356 e. The number of aryl methyl sites for hydroxylation is 1. The zero-order valence-electron chi connectivity index (χ0n) is 19.6. The Hall–Kier alpha value is -3.25. The number of pyridine rings is 1. The van der Waals surface area contributed by atoms with Crippen molar-refractivity contribution in [1.82, 2.24) is 24.7 Å². The van der Waals surface area contributed by atoms with Crippen molar-refractivity contribution in [3.63, 3.8) is 0 Å². The second kappa shape index (κ2) is 8.84. The van der Waals surface area contributed by atoms with Gasteiger partial charge in [0.25, 0.3) is 0 Å². The van der Waals surface area contributed by atoms with Crippen LogP contribution in [0.15, 0.2) is 24.5 Å². The number of piperidine rings is 1. The Morgan fingerprint density at radius 3 is 2.91 bits per heavy atom. The van der Waals surface area contributed by atoms with Crippen LogP contribution in [0, 0.1) is 6.57 Å². The van der Waals surface area contributed by atoms with Gasteiger partial charge in [0, 0.05) is 44.8 Å². The fraction of sp³-hybridized carbons (Fsp3) is 0.560. The zero-order chi connectivity index (χ0) is 23.1. The summed E-state index contributed by atoms with van der Waals surface area (Å²) in [5.74, 6) is 1.68. The highest BCUT2D eigenvalue weighted by molar-refractivity contribution is 5.88. The van der Waals surface area contributed by atoms with Crippen LogP contribution in [0.1, 0.15) is 57.4 Å². The Labute approximate surface area is 199 Å². The molecule has 2 unspecified atom stereocenters. The summed E-state index contributed by atoms with van der Waals surface area (Å²) in [6.45, 7) is 12.0. The van der Waals surface area contributed by atoms with Crippen molar-refractivity contribution in [2.75, 3.05) is 29.5 Å². The standard InChI is InChI=1S/C25H30N8O/c1-17-15-18(26-2)10-13-31(17)21-16-28-23-24(29-21)33(22-9-3-4-14-34-22)30-25(23)32-12-6-7-19-20(32)8-5-11-27-19/h5,8,11,16-18,22H,3-4,6-7,9-10,12-15H2,1H3/t17-,18?,22?/m1/s1. The van der Waals surface area contributed by atoms with Crippen LogP contribution in [0.4, 0.5) is 17.3 Å². The molecule has 0 N–H and O–H groups in total. The Morgan fingerprint density at radius 1 is 1.15 bits per heavy atom. The van der Waals surface area contributed by atoms with Crippen LogP contribution < -0.4 is 9.80 Å². The van der Waals surface area contributed by atoms with E-state index in [0.29, 0.717) is 0 Å². The molecular weight excluding hydrogens is 428 g/mol. The molecule has 0 amide bonds. The fourth-order valence-electron chi connectivity index (χ4n) is 5.54. The summed E-state index contributed by atoms with van der Waals surface area (Å²) in [4.78, 5) is 22.9. The molecule has 176 valence electrons. The molecule has 6 heterocycles. The van der Waals surface area contributed by atoms with Crippen molar-refractivity contribution >= 4 is 28.5 Å². The Balaban J connectivity index is 1.44. The first-order valence-electron chi connectivity index (χ1n) is 12.4. The third-order valence-electron chi connectivity index (χ3n) is 7.33. The van der Waals surface area contributed by atoms with E-state index in [1.54, 1.807) is 0 Å². The highest BCUT2D eigenvalue weighted by atomic mass is 16.5. The van der Waals surface area contributed by atoms with Crippen molar-refractivity contribution in [2.24, 2.45) is 0 Å². The average molecular weight is 459 g/mol. The van der Waals surface area contributed by atoms with Gasteiger partial charge in [0.15, 0.2) is 23.2 Å². The van der Waals surface area contributed by atoms with Gasteiger partial charge in [0.05, 0.1) is 17.6 Å².